The van der Waals surface area contributed by atoms with Gasteiger partial charge in [0, 0.05) is 5.57 Å². The third kappa shape index (κ3) is 5.88. The van der Waals surface area contributed by atoms with E-state index in [4.69, 9.17) is 14.6 Å². The van der Waals surface area contributed by atoms with Crippen molar-refractivity contribution in [2.45, 2.75) is 71.8 Å². The number of methoxy groups -OCH3 is 1. The fraction of sp³-hybridized carbons (Fsp3) is 0.522. The number of rotatable bonds is 8. The highest BCUT2D eigenvalue weighted by Gasteiger charge is 2.32. The minimum Gasteiger partial charge on any atom is -0.497 e. The van der Waals surface area contributed by atoms with Crippen molar-refractivity contribution in [1.29, 1.82) is 0 Å². The molecule has 0 radical (unpaired) electrons. The van der Waals surface area contributed by atoms with Crippen molar-refractivity contribution < 1.29 is 19.4 Å². The van der Waals surface area contributed by atoms with Crippen LogP contribution in [0.2, 0.25) is 0 Å². The lowest BCUT2D eigenvalue weighted by Gasteiger charge is -2.37. The maximum atomic E-state index is 10.8. The zero-order valence-corrected chi connectivity index (χ0v) is 17.2. The van der Waals surface area contributed by atoms with Gasteiger partial charge in [0.05, 0.1) is 7.11 Å². The highest BCUT2D eigenvalue weighted by atomic mass is 16.5. The predicted molar refractivity (Wildman–Crippen MR) is 109 cm³/mol. The van der Waals surface area contributed by atoms with E-state index >= 15 is 0 Å². The standard InChI is InChI=1S/C23H32O4/c1-16(8-6-10-17(2)22(24)25)9-7-12-23(4)13-11-19-15-20(26-5)14-18(3)21(19)27-23/h9-10,14-15H,6-8,11-13H2,1-5H3,(H,24,25)/b16-9+,17-10+. The fourth-order valence-corrected chi connectivity index (χ4v) is 3.46. The summed E-state index contributed by atoms with van der Waals surface area (Å²) in [7, 11) is 1.70. The Hall–Kier alpha value is -2.23. The first-order valence-corrected chi connectivity index (χ1v) is 9.66. The molecule has 1 atom stereocenters. The molecule has 0 amide bonds. The number of hydrogen-bond acceptors (Lipinski definition) is 3. The Morgan fingerprint density at radius 2 is 2.04 bits per heavy atom. The summed E-state index contributed by atoms with van der Waals surface area (Å²) >= 11 is 0. The SMILES string of the molecule is COc1cc(C)c2c(c1)CCC(C)(CC/C=C(\C)CC/C=C(\C)C(=O)O)O2. The molecule has 0 aliphatic carbocycles. The van der Waals surface area contributed by atoms with Crippen molar-refractivity contribution >= 4 is 5.97 Å². The molecular formula is C23H32O4. The molecule has 27 heavy (non-hydrogen) atoms. The van der Waals surface area contributed by atoms with Crippen LogP contribution in [0.3, 0.4) is 0 Å². The van der Waals surface area contributed by atoms with Crippen molar-refractivity contribution in [3.63, 3.8) is 0 Å². The number of hydrogen-bond donors (Lipinski definition) is 1. The number of aryl methyl sites for hydroxylation is 2. The number of carboxylic acids is 1. The molecule has 2 rings (SSSR count). The highest BCUT2D eigenvalue weighted by molar-refractivity contribution is 5.85. The number of fused-ring (bicyclic) bond motifs is 1. The first kappa shape index (κ1) is 21.1. The van der Waals surface area contributed by atoms with Gasteiger partial charge in [-0.2, -0.15) is 0 Å². The van der Waals surface area contributed by atoms with Gasteiger partial charge in [-0.05, 0) is 89.5 Å². The summed E-state index contributed by atoms with van der Waals surface area (Å²) in [6.45, 7) is 8.02. The molecule has 1 N–H and O–H groups in total. The number of ether oxygens (including phenoxy) is 2. The zero-order valence-electron chi connectivity index (χ0n) is 17.2. The van der Waals surface area contributed by atoms with E-state index in [0.717, 1.165) is 55.6 Å². The van der Waals surface area contributed by atoms with Gasteiger partial charge in [0.1, 0.15) is 17.1 Å². The molecule has 4 heteroatoms. The van der Waals surface area contributed by atoms with Crippen LogP contribution in [0.25, 0.3) is 0 Å². The second kappa shape index (κ2) is 9.12. The first-order valence-electron chi connectivity index (χ1n) is 9.66. The normalized spacial score (nSPS) is 20.0. The van der Waals surface area contributed by atoms with E-state index in [2.05, 4.69) is 32.9 Å². The average molecular weight is 373 g/mol. The second-order valence-corrected chi connectivity index (χ2v) is 7.80. The van der Waals surface area contributed by atoms with E-state index in [1.54, 1.807) is 20.1 Å². The van der Waals surface area contributed by atoms with Gasteiger partial charge in [0.2, 0.25) is 0 Å². The molecule has 0 saturated carbocycles. The Morgan fingerprint density at radius 1 is 1.30 bits per heavy atom. The van der Waals surface area contributed by atoms with Gasteiger partial charge >= 0.3 is 5.97 Å². The van der Waals surface area contributed by atoms with Crippen molar-refractivity contribution in [2.75, 3.05) is 7.11 Å². The molecule has 148 valence electrons. The summed E-state index contributed by atoms with van der Waals surface area (Å²) < 4.78 is 11.8. The Kier molecular flexibility index (Phi) is 7.11. The minimum absolute atomic E-state index is 0.150. The molecule has 0 bridgehead atoms. The molecule has 0 spiro atoms. The lowest BCUT2D eigenvalue weighted by molar-refractivity contribution is -0.132. The van der Waals surface area contributed by atoms with E-state index in [1.807, 2.05) is 6.07 Å². The van der Waals surface area contributed by atoms with Gasteiger partial charge in [-0.1, -0.05) is 17.7 Å². The fourth-order valence-electron chi connectivity index (χ4n) is 3.46. The molecule has 1 unspecified atom stereocenters. The number of benzene rings is 1. The molecule has 4 nitrogen and oxygen atoms in total. The molecule has 0 aromatic heterocycles. The van der Waals surface area contributed by atoms with Crippen LogP contribution in [0.5, 0.6) is 11.5 Å². The lowest BCUT2D eigenvalue weighted by Crippen LogP contribution is -2.36. The molecule has 0 saturated heterocycles. The van der Waals surface area contributed by atoms with E-state index < -0.39 is 5.97 Å². The summed E-state index contributed by atoms with van der Waals surface area (Å²) in [5.74, 6) is 1.07. The molecule has 1 aromatic carbocycles. The van der Waals surface area contributed by atoms with E-state index in [1.165, 1.54) is 11.1 Å². The van der Waals surface area contributed by atoms with Crippen LogP contribution in [-0.2, 0) is 11.2 Å². The second-order valence-electron chi connectivity index (χ2n) is 7.80. The number of allylic oxidation sites excluding steroid dienone is 3. The van der Waals surface area contributed by atoms with Gasteiger partial charge in [-0.3, -0.25) is 0 Å². The summed E-state index contributed by atoms with van der Waals surface area (Å²) in [5.41, 5.74) is 3.92. The highest BCUT2D eigenvalue weighted by Crippen LogP contribution is 2.40. The molecule has 0 fully saturated rings. The predicted octanol–water partition coefficient (Wildman–Crippen LogP) is 5.62. The quantitative estimate of drug-likeness (QED) is 0.475. The molecule has 1 heterocycles. The van der Waals surface area contributed by atoms with Crippen LogP contribution in [0.1, 0.15) is 64.0 Å². The Labute approximate surface area is 162 Å². The summed E-state index contributed by atoms with van der Waals surface area (Å²) in [6, 6.07) is 4.11. The maximum absolute atomic E-state index is 10.8. The van der Waals surface area contributed by atoms with E-state index in [9.17, 15) is 4.79 Å². The number of carbonyl (C=O) groups is 1. The topological polar surface area (TPSA) is 55.8 Å². The van der Waals surface area contributed by atoms with Crippen LogP contribution in [0, 0.1) is 6.92 Å². The van der Waals surface area contributed by atoms with Gasteiger partial charge < -0.3 is 14.6 Å². The first-order chi connectivity index (χ1) is 12.7. The number of carboxylic acid groups (broad SMARTS) is 1. The summed E-state index contributed by atoms with van der Waals surface area (Å²) in [6.07, 6.45) is 9.65. The maximum Gasteiger partial charge on any atom is 0.330 e. The van der Waals surface area contributed by atoms with Crippen molar-refractivity contribution in [3.05, 3.63) is 46.6 Å². The van der Waals surface area contributed by atoms with Crippen LogP contribution in [-0.4, -0.2) is 23.8 Å². The third-order valence-corrected chi connectivity index (χ3v) is 5.32. The minimum atomic E-state index is -0.841. The number of aliphatic carboxylic acids is 1. The van der Waals surface area contributed by atoms with Crippen LogP contribution in [0.4, 0.5) is 0 Å². The van der Waals surface area contributed by atoms with E-state index in [-0.39, 0.29) is 5.60 Å². The van der Waals surface area contributed by atoms with Crippen LogP contribution < -0.4 is 9.47 Å². The van der Waals surface area contributed by atoms with Crippen molar-refractivity contribution in [2.24, 2.45) is 0 Å². The van der Waals surface area contributed by atoms with Crippen LogP contribution >= 0.6 is 0 Å². The van der Waals surface area contributed by atoms with E-state index in [0.29, 0.717) is 5.57 Å². The van der Waals surface area contributed by atoms with Gasteiger partial charge in [0.15, 0.2) is 0 Å². The van der Waals surface area contributed by atoms with Gasteiger partial charge in [0.25, 0.3) is 0 Å². The van der Waals surface area contributed by atoms with Crippen molar-refractivity contribution in [1.82, 2.24) is 0 Å². The molecule has 1 aliphatic rings. The Bertz CT molecular complexity index is 745. The third-order valence-electron chi connectivity index (χ3n) is 5.32. The Balaban J connectivity index is 1.91. The van der Waals surface area contributed by atoms with Gasteiger partial charge in [-0.15, -0.1) is 0 Å². The summed E-state index contributed by atoms with van der Waals surface area (Å²) in [5, 5.41) is 8.88. The van der Waals surface area contributed by atoms with Crippen LogP contribution in [0.15, 0.2) is 35.4 Å². The molecular weight excluding hydrogens is 340 g/mol. The summed E-state index contributed by atoms with van der Waals surface area (Å²) in [4.78, 5) is 10.8. The lowest BCUT2D eigenvalue weighted by atomic mass is 9.87. The monoisotopic (exact) mass is 372 g/mol. The Morgan fingerprint density at radius 3 is 2.70 bits per heavy atom. The smallest absolute Gasteiger partial charge is 0.330 e. The largest absolute Gasteiger partial charge is 0.497 e. The molecule has 1 aliphatic heterocycles. The van der Waals surface area contributed by atoms with Crippen molar-refractivity contribution in [3.8, 4) is 11.5 Å². The zero-order chi connectivity index (χ0) is 20.0. The average Bonchev–Trinajstić information content (AvgIpc) is 2.62. The molecule has 1 aromatic rings. The van der Waals surface area contributed by atoms with Gasteiger partial charge in [-0.25, -0.2) is 4.79 Å².